The lowest BCUT2D eigenvalue weighted by Crippen LogP contribution is -2.38. The van der Waals surface area contributed by atoms with E-state index < -0.39 is 0 Å². The molecule has 96 valence electrons. The molecule has 17 heavy (non-hydrogen) atoms. The lowest BCUT2D eigenvalue weighted by atomic mass is 10.0. The van der Waals surface area contributed by atoms with E-state index in [0.717, 1.165) is 19.6 Å². The zero-order valence-electron chi connectivity index (χ0n) is 11.1. The maximum atomic E-state index is 4.74. The van der Waals surface area contributed by atoms with Crippen LogP contribution in [0.15, 0.2) is 5.38 Å². The molecule has 0 aliphatic carbocycles. The number of thiazole rings is 1. The van der Waals surface area contributed by atoms with Crippen molar-refractivity contribution in [3.05, 3.63) is 11.1 Å². The molecule has 4 heteroatoms. The van der Waals surface area contributed by atoms with Crippen LogP contribution in [-0.4, -0.2) is 23.6 Å². The summed E-state index contributed by atoms with van der Waals surface area (Å²) in [5, 5.41) is 6.78. The van der Waals surface area contributed by atoms with Crippen LogP contribution in [0.2, 0.25) is 0 Å². The molecule has 1 N–H and O–H groups in total. The van der Waals surface area contributed by atoms with Gasteiger partial charge in [-0.3, -0.25) is 0 Å². The van der Waals surface area contributed by atoms with Crippen molar-refractivity contribution in [1.29, 1.82) is 0 Å². The normalized spacial score (nSPS) is 18.9. The molecule has 2 rings (SSSR count). The molecule has 0 amide bonds. The van der Waals surface area contributed by atoms with Crippen molar-refractivity contribution >= 4 is 16.5 Å². The quantitative estimate of drug-likeness (QED) is 0.818. The van der Waals surface area contributed by atoms with Gasteiger partial charge < -0.3 is 10.2 Å². The van der Waals surface area contributed by atoms with Gasteiger partial charge in [-0.2, -0.15) is 0 Å². The maximum Gasteiger partial charge on any atom is 0.185 e. The van der Waals surface area contributed by atoms with Crippen LogP contribution in [0, 0.1) is 0 Å². The van der Waals surface area contributed by atoms with E-state index >= 15 is 0 Å². The third-order valence-electron chi connectivity index (χ3n) is 3.40. The van der Waals surface area contributed by atoms with E-state index in [-0.39, 0.29) is 5.54 Å². The predicted molar refractivity (Wildman–Crippen MR) is 74.8 cm³/mol. The number of nitrogens with one attached hydrogen (secondary N) is 1. The van der Waals surface area contributed by atoms with Crippen molar-refractivity contribution in [2.24, 2.45) is 0 Å². The second-order valence-corrected chi connectivity index (χ2v) is 6.20. The molecule has 3 nitrogen and oxygen atoms in total. The first-order valence-corrected chi connectivity index (χ1v) is 7.44. The standard InChI is InChI=1S/C13H23N3S/c1-4-7-14-9-11-10-17-12(15-11)16-8-5-6-13(16,2)3/h10,14H,4-9H2,1-3H3. The largest absolute Gasteiger partial charge is 0.343 e. The number of hydrogen-bond donors (Lipinski definition) is 1. The first-order chi connectivity index (χ1) is 8.13. The van der Waals surface area contributed by atoms with Crippen molar-refractivity contribution in [3.8, 4) is 0 Å². The Morgan fingerprint density at radius 2 is 2.35 bits per heavy atom. The van der Waals surface area contributed by atoms with Gasteiger partial charge in [-0.05, 0) is 39.7 Å². The third kappa shape index (κ3) is 2.99. The Bertz CT molecular complexity index is 359. The molecule has 2 heterocycles. The van der Waals surface area contributed by atoms with E-state index in [0.29, 0.717) is 0 Å². The van der Waals surface area contributed by atoms with Crippen molar-refractivity contribution in [2.75, 3.05) is 18.0 Å². The Kier molecular flexibility index (Phi) is 4.05. The minimum Gasteiger partial charge on any atom is -0.343 e. The SMILES string of the molecule is CCCNCc1csc(N2CCCC2(C)C)n1. The topological polar surface area (TPSA) is 28.2 Å². The Balaban J connectivity index is 1.98. The molecule has 0 unspecified atom stereocenters. The number of hydrogen-bond acceptors (Lipinski definition) is 4. The monoisotopic (exact) mass is 253 g/mol. The van der Waals surface area contributed by atoms with Crippen LogP contribution in [0.3, 0.4) is 0 Å². The van der Waals surface area contributed by atoms with E-state index in [1.165, 1.54) is 30.1 Å². The van der Waals surface area contributed by atoms with Gasteiger partial charge >= 0.3 is 0 Å². The van der Waals surface area contributed by atoms with Gasteiger partial charge in [0.1, 0.15) is 0 Å². The lowest BCUT2D eigenvalue weighted by molar-refractivity contribution is 0.516. The molecule has 0 saturated carbocycles. The van der Waals surface area contributed by atoms with Gasteiger partial charge in [-0.15, -0.1) is 11.3 Å². The minimum absolute atomic E-state index is 0.284. The Morgan fingerprint density at radius 3 is 3.00 bits per heavy atom. The lowest BCUT2D eigenvalue weighted by Gasteiger charge is -2.31. The molecule has 0 spiro atoms. The van der Waals surface area contributed by atoms with Gasteiger partial charge in [-0.25, -0.2) is 4.98 Å². The van der Waals surface area contributed by atoms with Crippen LogP contribution in [0.25, 0.3) is 0 Å². The summed E-state index contributed by atoms with van der Waals surface area (Å²) in [5.41, 5.74) is 1.47. The van der Waals surface area contributed by atoms with Crippen molar-refractivity contribution in [2.45, 2.75) is 52.1 Å². The average Bonchev–Trinajstić information content (AvgIpc) is 2.85. The zero-order valence-corrected chi connectivity index (χ0v) is 11.9. The number of rotatable bonds is 5. The summed E-state index contributed by atoms with van der Waals surface area (Å²) in [5.74, 6) is 0. The van der Waals surface area contributed by atoms with Crippen LogP contribution in [0.1, 0.15) is 45.7 Å². The van der Waals surface area contributed by atoms with Gasteiger partial charge in [0.25, 0.3) is 0 Å². The molecular formula is C13H23N3S. The summed E-state index contributed by atoms with van der Waals surface area (Å²) in [7, 11) is 0. The van der Waals surface area contributed by atoms with Crippen molar-refractivity contribution < 1.29 is 0 Å². The highest BCUT2D eigenvalue weighted by Gasteiger charge is 2.33. The number of aromatic nitrogens is 1. The fourth-order valence-corrected chi connectivity index (χ4v) is 3.37. The smallest absolute Gasteiger partial charge is 0.185 e. The molecule has 0 radical (unpaired) electrons. The molecular weight excluding hydrogens is 230 g/mol. The molecule has 1 saturated heterocycles. The third-order valence-corrected chi connectivity index (χ3v) is 4.32. The summed E-state index contributed by atoms with van der Waals surface area (Å²) in [6.07, 6.45) is 3.74. The average molecular weight is 253 g/mol. The first kappa shape index (κ1) is 12.8. The zero-order chi connectivity index (χ0) is 12.3. The second kappa shape index (κ2) is 5.36. The summed E-state index contributed by atoms with van der Waals surface area (Å²) in [6, 6.07) is 0. The highest BCUT2D eigenvalue weighted by Crippen LogP contribution is 2.35. The van der Waals surface area contributed by atoms with Crippen molar-refractivity contribution in [1.82, 2.24) is 10.3 Å². The van der Waals surface area contributed by atoms with E-state index in [9.17, 15) is 0 Å². The highest BCUT2D eigenvalue weighted by molar-refractivity contribution is 7.13. The second-order valence-electron chi connectivity index (χ2n) is 5.37. The van der Waals surface area contributed by atoms with Gasteiger partial charge in [0.05, 0.1) is 5.69 Å². The molecule has 1 aliphatic rings. The van der Waals surface area contributed by atoms with Crippen LogP contribution < -0.4 is 10.2 Å². The fourth-order valence-electron chi connectivity index (χ4n) is 2.36. The van der Waals surface area contributed by atoms with Gasteiger partial charge in [0, 0.05) is 24.0 Å². The van der Waals surface area contributed by atoms with Crippen molar-refractivity contribution in [3.63, 3.8) is 0 Å². The summed E-state index contributed by atoms with van der Waals surface area (Å²) >= 11 is 1.78. The summed E-state index contributed by atoms with van der Waals surface area (Å²) in [6.45, 7) is 9.95. The summed E-state index contributed by atoms with van der Waals surface area (Å²) < 4.78 is 0. The van der Waals surface area contributed by atoms with Gasteiger partial charge in [0.15, 0.2) is 5.13 Å². The van der Waals surface area contributed by atoms with E-state index in [1.54, 1.807) is 11.3 Å². The van der Waals surface area contributed by atoms with Gasteiger partial charge in [0.2, 0.25) is 0 Å². The number of nitrogens with zero attached hydrogens (tertiary/aromatic N) is 2. The Hall–Kier alpha value is -0.610. The fraction of sp³-hybridized carbons (Fsp3) is 0.769. The van der Waals surface area contributed by atoms with Crippen LogP contribution in [0.5, 0.6) is 0 Å². The number of anilines is 1. The highest BCUT2D eigenvalue weighted by atomic mass is 32.1. The molecule has 1 aromatic rings. The molecule has 0 aromatic carbocycles. The Morgan fingerprint density at radius 1 is 1.53 bits per heavy atom. The molecule has 0 bridgehead atoms. The van der Waals surface area contributed by atoms with Crippen LogP contribution in [0.4, 0.5) is 5.13 Å². The molecule has 1 aromatic heterocycles. The van der Waals surface area contributed by atoms with E-state index in [1.807, 2.05) is 0 Å². The molecule has 0 atom stereocenters. The van der Waals surface area contributed by atoms with Gasteiger partial charge in [-0.1, -0.05) is 6.92 Å². The van der Waals surface area contributed by atoms with E-state index in [2.05, 4.69) is 36.4 Å². The molecule has 1 fully saturated rings. The first-order valence-electron chi connectivity index (χ1n) is 6.56. The Labute approximate surface area is 108 Å². The summed E-state index contributed by atoms with van der Waals surface area (Å²) in [4.78, 5) is 7.20. The maximum absolute atomic E-state index is 4.74. The predicted octanol–water partition coefficient (Wildman–Crippen LogP) is 3.02. The van der Waals surface area contributed by atoms with Crippen LogP contribution >= 0.6 is 11.3 Å². The van der Waals surface area contributed by atoms with Crippen LogP contribution in [-0.2, 0) is 6.54 Å². The minimum atomic E-state index is 0.284. The van der Waals surface area contributed by atoms with E-state index in [4.69, 9.17) is 4.98 Å². The molecule has 1 aliphatic heterocycles.